The second-order valence-corrected chi connectivity index (χ2v) is 4.52. The minimum Gasteiger partial charge on any atom is -0.345 e. The molecule has 0 fully saturated rings. The second-order valence-electron chi connectivity index (χ2n) is 4.05. The van der Waals surface area contributed by atoms with E-state index >= 15 is 0 Å². The van der Waals surface area contributed by atoms with E-state index in [9.17, 15) is 0 Å². The van der Waals surface area contributed by atoms with Gasteiger partial charge in [-0.1, -0.05) is 42.5 Å². The molecule has 0 aliphatic heterocycles. The van der Waals surface area contributed by atoms with E-state index in [1.165, 1.54) is 17.0 Å². The van der Waals surface area contributed by atoms with Crippen LogP contribution in [-0.2, 0) is 6.54 Å². The Bertz CT molecular complexity index is 514. The summed E-state index contributed by atoms with van der Waals surface area (Å²) >= 11 is 5.20. The fourth-order valence-electron chi connectivity index (χ4n) is 1.90. The summed E-state index contributed by atoms with van der Waals surface area (Å²) in [7, 11) is 0. The number of nitrogens with zero attached hydrogens (tertiary/aromatic N) is 1. The highest BCUT2D eigenvalue weighted by Gasteiger charge is 2.00. The van der Waals surface area contributed by atoms with E-state index in [1.807, 2.05) is 18.2 Å². The van der Waals surface area contributed by atoms with E-state index < -0.39 is 0 Å². The van der Waals surface area contributed by atoms with Gasteiger partial charge in [0.05, 0.1) is 0 Å². The number of aryl methyl sites for hydroxylation is 2. The zero-order valence-corrected chi connectivity index (χ0v) is 10.4. The summed E-state index contributed by atoms with van der Waals surface area (Å²) in [4.78, 5) is 0. The first kappa shape index (κ1) is 11.1. The van der Waals surface area contributed by atoms with Gasteiger partial charge in [-0.15, -0.1) is 0 Å². The molecule has 0 saturated carbocycles. The van der Waals surface area contributed by atoms with Crippen LogP contribution in [0.1, 0.15) is 17.0 Å². The summed E-state index contributed by atoms with van der Waals surface area (Å²) in [6.45, 7) is 5.12. The molecular weight excluding hydrogens is 214 g/mol. The summed E-state index contributed by atoms with van der Waals surface area (Å²) in [6.07, 6.45) is 0. The van der Waals surface area contributed by atoms with Gasteiger partial charge in [0.25, 0.3) is 0 Å². The van der Waals surface area contributed by atoms with Crippen LogP contribution in [0.5, 0.6) is 0 Å². The summed E-state index contributed by atoms with van der Waals surface area (Å²) in [5, 5.41) is 0. The Morgan fingerprint density at radius 2 is 1.56 bits per heavy atom. The van der Waals surface area contributed by atoms with Gasteiger partial charge in [0.2, 0.25) is 0 Å². The van der Waals surface area contributed by atoms with Crippen molar-refractivity contribution in [1.82, 2.24) is 4.57 Å². The van der Waals surface area contributed by atoms with E-state index in [1.54, 1.807) is 0 Å². The number of benzene rings is 1. The Labute approximate surface area is 101 Å². The average Bonchev–Trinajstić information content (AvgIpc) is 2.25. The molecule has 16 heavy (non-hydrogen) atoms. The highest BCUT2D eigenvalue weighted by atomic mass is 32.1. The quantitative estimate of drug-likeness (QED) is 0.707. The van der Waals surface area contributed by atoms with E-state index in [-0.39, 0.29) is 0 Å². The maximum Gasteiger partial charge on any atom is 0.0475 e. The van der Waals surface area contributed by atoms with Gasteiger partial charge in [0.1, 0.15) is 0 Å². The van der Waals surface area contributed by atoms with E-state index in [0.717, 1.165) is 11.1 Å². The van der Waals surface area contributed by atoms with Gasteiger partial charge in [-0.3, -0.25) is 0 Å². The van der Waals surface area contributed by atoms with Gasteiger partial charge in [-0.25, -0.2) is 0 Å². The molecule has 0 amide bonds. The monoisotopic (exact) mass is 229 g/mol. The molecule has 1 aromatic heterocycles. The molecule has 2 rings (SSSR count). The number of aromatic nitrogens is 1. The molecule has 0 atom stereocenters. The van der Waals surface area contributed by atoms with Crippen molar-refractivity contribution in [1.29, 1.82) is 0 Å². The molecule has 2 heteroatoms. The number of hydrogen-bond acceptors (Lipinski definition) is 1. The minimum absolute atomic E-state index is 0.911. The van der Waals surface area contributed by atoms with Crippen molar-refractivity contribution in [3.8, 4) is 0 Å². The molecule has 1 aromatic carbocycles. The van der Waals surface area contributed by atoms with Crippen LogP contribution >= 0.6 is 12.2 Å². The summed E-state index contributed by atoms with van der Waals surface area (Å²) in [5.41, 5.74) is 3.75. The zero-order valence-electron chi connectivity index (χ0n) is 9.60. The molecule has 82 valence electrons. The Balaban J connectivity index is 2.39. The second kappa shape index (κ2) is 4.62. The van der Waals surface area contributed by atoms with E-state index in [2.05, 4.69) is 42.7 Å². The molecule has 0 aliphatic rings. The van der Waals surface area contributed by atoms with Gasteiger partial charge < -0.3 is 4.57 Å². The van der Waals surface area contributed by atoms with Crippen molar-refractivity contribution in [2.75, 3.05) is 0 Å². The first-order valence-corrected chi connectivity index (χ1v) is 5.79. The SMILES string of the molecule is Cc1cc(=S)cc(C)n1Cc1ccccc1. The minimum atomic E-state index is 0.911. The largest absolute Gasteiger partial charge is 0.345 e. The maximum atomic E-state index is 5.20. The molecule has 1 nitrogen and oxygen atoms in total. The normalized spacial score (nSPS) is 10.4. The van der Waals surface area contributed by atoms with Crippen molar-refractivity contribution < 1.29 is 0 Å². The summed E-state index contributed by atoms with van der Waals surface area (Å²) in [5.74, 6) is 0. The Morgan fingerprint density at radius 3 is 2.12 bits per heavy atom. The van der Waals surface area contributed by atoms with Crippen LogP contribution in [-0.4, -0.2) is 4.57 Å². The molecular formula is C14H15NS. The smallest absolute Gasteiger partial charge is 0.0475 e. The predicted octanol–water partition coefficient (Wildman–Crippen LogP) is 3.88. The molecule has 0 N–H and O–H groups in total. The van der Waals surface area contributed by atoms with Gasteiger partial charge in [0, 0.05) is 22.4 Å². The van der Waals surface area contributed by atoms with Crippen LogP contribution < -0.4 is 0 Å². The lowest BCUT2D eigenvalue weighted by molar-refractivity contribution is 0.729. The van der Waals surface area contributed by atoms with Gasteiger partial charge in [0.15, 0.2) is 0 Å². The fraction of sp³-hybridized carbons (Fsp3) is 0.214. The molecule has 0 spiro atoms. The molecule has 0 aliphatic carbocycles. The lowest BCUT2D eigenvalue weighted by Gasteiger charge is -2.14. The summed E-state index contributed by atoms with van der Waals surface area (Å²) < 4.78 is 3.20. The first-order valence-electron chi connectivity index (χ1n) is 5.39. The van der Waals surface area contributed by atoms with Gasteiger partial charge >= 0.3 is 0 Å². The van der Waals surface area contributed by atoms with Crippen LogP contribution in [0.15, 0.2) is 42.5 Å². The van der Waals surface area contributed by atoms with Crippen molar-refractivity contribution in [2.45, 2.75) is 20.4 Å². The van der Waals surface area contributed by atoms with Crippen LogP contribution in [0.3, 0.4) is 0 Å². The van der Waals surface area contributed by atoms with Crippen LogP contribution in [0.2, 0.25) is 0 Å². The molecule has 0 bridgehead atoms. The number of pyridine rings is 1. The van der Waals surface area contributed by atoms with Crippen LogP contribution in [0.25, 0.3) is 0 Å². The lowest BCUT2D eigenvalue weighted by atomic mass is 10.2. The lowest BCUT2D eigenvalue weighted by Crippen LogP contribution is -2.07. The van der Waals surface area contributed by atoms with Crippen molar-refractivity contribution in [2.24, 2.45) is 0 Å². The maximum absolute atomic E-state index is 5.20. The Hall–Kier alpha value is -1.41. The third-order valence-corrected chi connectivity index (χ3v) is 2.97. The van der Waals surface area contributed by atoms with Crippen LogP contribution in [0, 0.1) is 18.4 Å². The first-order chi connectivity index (χ1) is 7.66. The Kier molecular flexibility index (Phi) is 3.20. The van der Waals surface area contributed by atoms with Crippen molar-refractivity contribution >= 4 is 12.2 Å². The van der Waals surface area contributed by atoms with Gasteiger partial charge in [-0.05, 0) is 31.5 Å². The Morgan fingerprint density at radius 1 is 1.00 bits per heavy atom. The predicted molar refractivity (Wildman–Crippen MR) is 70.3 cm³/mol. The fourth-order valence-corrected chi connectivity index (χ4v) is 2.24. The molecule has 1 heterocycles. The van der Waals surface area contributed by atoms with Crippen molar-refractivity contribution in [3.63, 3.8) is 0 Å². The molecule has 2 aromatic rings. The van der Waals surface area contributed by atoms with Gasteiger partial charge in [-0.2, -0.15) is 0 Å². The van der Waals surface area contributed by atoms with E-state index in [4.69, 9.17) is 12.2 Å². The van der Waals surface area contributed by atoms with Crippen molar-refractivity contribution in [3.05, 3.63) is 63.9 Å². The summed E-state index contributed by atoms with van der Waals surface area (Å²) in [6, 6.07) is 14.6. The number of hydrogen-bond donors (Lipinski definition) is 0. The highest BCUT2D eigenvalue weighted by molar-refractivity contribution is 7.71. The molecule has 0 unspecified atom stereocenters. The standard InChI is InChI=1S/C14H15NS/c1-11-8-14(16)9-12(2)15(11)10-13-6-4-3-5-7-13/h3-9H,10H2,1-2H3. The average molecular weight is 229 g/mol. The van der Waals surface area contributed by atoms with Crippen LogP contribution in [0.4, 0.5) is 0 Å². The zero-order chi connectivity index (χ0) is 11.5. The topological polar surface area (TPSA) is 4.93 Å². The third kappa shape index (κ3) is 2.39. The molecule has 0 radical (unpaired) electrons. The third-order valence-electron chi connectivity index (χ3n) is 2.74. The molecule has 0 saturated heterocycles. The highest BCUT2D eigenvalue weighted by Crippen LogP contribution is 2.10. The van der Waals surface area contributed by atoms with E-state index in [0.29, 0.717) is 0 Å². The number of rotatable bonds is 2.